The zero-order valence-electron chi connectivity index (χ0n) is 14.7. The Labute approximate surface area is 136 Å². The average Bonchev–Trinajstić information content (AvgIpc) is 2.52. The summed E-state index contributed by atoms with van der Waals surface area (Å²) in [6, 6.07) is 0.669. The first-order valence-electron chi connectivity index (χ1n) is 9.16. The number of hydrogen-bond acceptors (Lipinski definition) is 3. The van der Waals surface area contributed by atoms with E-state index >= 15 is 0 Å². The average molecular weight is 310 g/mol. The summed E-state index contributed by atoms with van der Waals surface area (Å²) in [6.07, 6.45) is 5.94. The predicted molar refractivity (Wildman–Crippen MR) is 89.8 cm³/mol. The second-order valence-electron chi connectivity index (χ2n) is 7.48. The van der Waals surface area contributed by atoms with E-state index in [0.29, 0.717) is 6.04 Å². The van der Waals surface area contributed by atoms with Crippen LogP contribution in [0.2, 0.25) is 0 Å². The topological polar surface area (TPSA) is 32.8 Å². The molecule has 1 amide bonds. The summed E-state index contributed by atoms with van der Waals surface area (Å²) < 4.78 is 5.65. The van der Waals surface area contributed by atoms with Gasteiger partial charge in [0.15, 0.2) is 0 Å². The zero-order valence-corrected chi connectivity index (χ0v) is 14.7. The third-order valence-electron chi connectivity index (χ3n) is 5.41. The Hall–Kier alpha value is -0.610. The first-order chi connectivity index (χ1) is 10.6. The van der Waals surface area contributed by atoms with Gasteiger partial charge < -0.3 is 14.5 Å². The van der Waals surface area contributed by atoms with E-state index in [1.165, 1.54) is 25.9 Å². The highest BCUT2D eigenvalue weighted by Crippen LogP contribution is 2.22. The maximum absolute atomic E-state index is 12.1. The lowest BCUT2D eigenvalue weighted by Gasteiger charge is -2.34. The highest BCUT2D eigenvalue weighted by Gasteiger charge is 2.22. The van der Waals surface area contributed by atoms with Gasteiger partial charge in [-0.3, -0.25) is 4.79 Å². The van der Waals surface area contributed by atoms with E-state index in [0.717, 1.165) is 50.8 Å². The van der Waals surface area contributed by atoms with Gasteiger partial charge in [-0.2, -0.15) is 0 Å². The highest BCUT2D eigenvalue weighted by molar-refractivity contribution is 5.77. The molecule has 0 N–H and O–H groups in total. The van der Waals surface area contributed by atoms with Crippen LogP contribution in [0.15, 0.2) is 0 Å². The lowest BCUT2D eigenvalue weighted by Crippen LogP contribution is -2.40. The summed E-state index contributed by atoms with van der Waals surface area (Å²) in [4.78, 5) is 16.6. The van der Waals surface area contributed by atoms with Gasteiger partial charge in [0.05, 0.1) is 0 Å². The van der Waals surface area contributed by atoms with Gasteiger partial charge in [0.25, 0.3) is 0 Å². The normalized spacial score (nSPS) is 22.5. The van der Waals surface area contributed by atoms with Gasteiger partial charge in [0, 0.05) is 25.7 Å². The molecule has 2 fully saturated rings. The van der Waals surface area contributed by atoms with Crippen molar-refractivity contribution in [1.82, 2.24) is 9.80 Å². The molecule has 0 saturated carbocycles. The minimum Gasteiger partial charge on any atom is -0.372 e. The molecule has 2 aliphatic heterocycles. The van der Waals surface area contributed by atoms with Crippen molar-refractivity contribution in [3.63, 3.8) is 0 Å². The van der Waals surface area contributed by atoms with Crippen LogP contribution in [0, 0.1) is 11.8 Å². The SMILES string of the molecule is CC1CCN(C(=O)COCCC2CCN(C(C)C)CC2)CC1. The molecule has 128 valence electrons. The first kappa shape index (κ1) is 17.7. The molecular weight excluding hydrogens is 276 g/mol. The molecule has 0 atom stereocenters. The fourth-order valence-electron chi connectivity index (χ4n) is 3.52. The number of amides is 1. The first-order valence-corrected chi connectivity index (χ1v) is 9.16. The van der Waals surface area contributed by atoms with Crippen LogP contribution < -0.4 is 0 Å². The monoisotopic (exact) mass is 310 g/mol. The Morgan fingerprint density at radius 3 is 2.32 bits per heavy atom. The van der Waals surface area contributed by atoms with Crippen molar-refractivity contribution in [1.29, 1.82) is 0 Å². The van der Waals surface area contributed by atoms with Crippen LogP contribution in [0.5, 0.6) is 0 Å². The Morgan fingerprint density at radius 1 is 1.09 bits per heavy atom. The number of hydrogen-bond donors (Lipinski definition) is 0. The summed E-state index contributed by atoms with van der Waals surface area (Å²) in [5.41, 5.74) is 0. The van der Waals surface area contributed by atoms with Gasteiger partial charge in [-0.25, -0.2) is 0 Å². The molecular formula is C18H34N2O2. The van der Waals surface area contributed by atoms with Crippen molar-refractivity contribution in [2.45, 2.75) is 58.9 Å². The van der Waals surface area contributed by atoms with Crippen molar-refractivity contribution in [3.05, 3.63) is 0 Å². The molecule has 0 bridgehead atoms. The van der Waals surface area contributed by atoms with Gasteiger partial charge in [0.1, 0.15) is 6.61 Å². The number of carbonyl (C=O) groups is 1. The number of piperidine rings is 2. The lowest BCUT2D eigenvalue weighted by molar-refractivity contribution is -0.137. The number of nitrogens with zero attached hydrogens (tertiary/aromatic N) is 2. The van der Waals surface area contributed by atoms with Crippen molar-refractivity contribution in [2.75, 3.05) is 39.4 Å². The predicted octanol–water partition coefficient (Wildman–Crippen LogP) is 2.77. The second kappa shape index (κ2) is 8.88. The van der Waals surface area contributed by atoms with Crippen LogP contribution in [0.25, 0.3) is 0 Å². The number of ether oxygens (including phenoxy) is 1. The smallest absolute Gasteiger partial charge is 0.248 e. The van der Waals surface area contributed by atoms with Gasteiger partial charge in [-0.15, -0.1) is 0 Å². The van der Waals surface area contributed by atoms with E-state index in [2.05, 4.69) is 25.7 Å². The minimum absolute atomic E-state index is 0.182. The lowest BCUT2D eigenvalue weighted by atomic mass is 9.93. The zero-order chi connectivity index (χ0) is 15.9. The van der Waals surface area contributed by atoms with Crippen LogP contribution >= 0.6 is 0 Å². The van der Waals surface area contributed by atoms with Crippen LogP contribution in [0.3, 0.4) is 0 Å². The number of rotatable bonds is 6. The molecule has 0 aromatic heterocycles. The molecule has 2 rings (SSSR count). The molecule has 4 heteroatoms. The number of carbonyl (C=O) groups excluding carboxylic acids is 1. The van der Waals surface area contributed by atoms with E-state index in [1.807, 2.05) is 4.90 Å². The van der Waals surface area contributed by atoms with E-state index in [4.69, 9.17) is 4.74 Å². The summed E-state index contributed by atoms with van der Waals surface area (Å²) >= 11 is 0. The van der Waals surface area contributed by atoms with Crippen molar-refractivity contribution >= 4 is 5.91 Å². The van der Waals surface area contributed by atoms with Crippen molar-refractivity contribution in [3.8, 4) is 0 Å². The van der Waals surface area contributed by atoms with Crippen molar-refractivity contribution in [2.24, 2.45) is 11.8 Å². The van der Waals surface area contributed by atoms with Gasteiger partial charge >= 0.3 is 0 Å². The minimum atomic E-state index is 0.182. The standard InChI is InChI=1S/C18H34N2O2/c1-15(2)19-11-6-17(7-12-19)8-13-22-14-18(21)20-9-4-16(3)5-10-20/h15-17H,4-14H2,1-3H3. The second-order valence-corrected chi connectivity index (χ2v) is 7.48. The molecule has 0 aromatic carbocycles. The molecule has 4 nitrogen and oxygen atoms in total. The molecule has 2 aliphatic rings. The summed E-state index contributed by atoms with van der Waals surface area (Å²) in [6.45, 7) is 12.1. The van der Waals surface area contributed by atoms with Crippen LogP contribution in [-0.2, 0) is 9.53 Å². The van der Waals surface area contributed by atoms with E-state index in [1.54, 1.807) is 0 Å². The van der Waals surface area contributed by atoms with Gasteiger partial charge in [0.2, 0.25) is 5.91 Å². The molecule has 2 heterocycles. The fraction of sp³-hybridized carbons (Fsp3) is 0.944. The Morgan fingerprint density at radius 2 is 1.73 bits per heavy atom. The van der Waals surface area contributed by atoms with Crippen molar-refractivity contribution < 1.29 is 9.53 Å². The maximum Gasteiger partial charge on any atom is 0.248 e. The quantitative estimate of drug-likeness (QED) is 0.707. The Balaban J connectivity index is 1.53. The molecule has 0 aromatic rings. The summed E-state index contributed by atoms with van der Waals surface area (Å²) in [5.74, 6) is 1.73. The Bertz CT molecular complexity index is 330. The van der Waals surface area contributed by atoms with Crippen LogP contribution in [-0.4, -0.2) is 61.1 Å². The van der Waals surface area contributed by atoms with E-state index in [9.17, 15) is 4.79 Å². The third kappa shape index (κ3) is 5.54. The van der Waals surface area contributed by atoms with E-state index < -0.39 is 0 Å². The summed E-state index contributed by atoms with van der Waals surface area (Å²) in [5, 5.41) is 0. The molecule has 0 unspecified atom stereocenters. The van der Waals surface area contributed by atoms with E-state index in [-0.39, 0.29) is 12.5 Å². The molecule has 0 aliphatic carbocycles. The largest absolute Gasteiger partial charge is 0.372 e. The Kier molecular flexibility index (Phi) is 7.16. The van der Waals surface area contributed by atoms with Gasteiger partial charge in [-0.1, -0.05) is 6.92 Å². The molecule has 0 radical (unpaired) electrons. The molecule has 2 saturated heterocycles. The maximum atomic E-state index is 12.1. The molecule has 0 spiro atoms. The third-order valence-corrected chi connectivity index (χ3v) is 5.41. The molecule has 22 heavy (non-hydrogen) atoms. The van der Waals surface area contributed by atoms with Crippen LogP contribution in [0.1, 0.15) is 52.9 Å². The van der Waals surface area contributed by atoms with Crippen LogP contribution in [0.4, 0.5) is 0 Å². The fourth-order valence-corrected chi connectivity index (χ4v) is 3.52. The highest BCUT2D eigenvalue weighted by atomic mass is 16.5. The number of likely N-dealkylation sites (tertiary alicyclic amines) is 2. The summed E-state index contributed by atoms with van der Waals surface area (Å²) in [7, 11) is 0. The van der Waals surface area contributed by atoms with Gasteiger partial charge in [-0.05, 0) is 70.9 Å².